The molecule has 0 bridgehead atoms. The Morgan fingerprint density at radius 1 is 1.12 bits per heavy atom. The Morgan fingerprint density at radius 2 is 1.83 bits per heavy atom. The number of hydrogen-bond donors (Lipinski definition) is 1. The summed E-state index contributed by atoms with van der Waals surface area (Å²) in [6, 6.07) is 14.5. The summed E-state index contributed by atoms with van der Waals surface area (Å²) >= 11 is 0. The quantitative estimate of drug-likeness (QED) is 0.743. The second-order valence-electron chi connectivity index (χ2n) is 6.26. The minimum atomic E-state index is -0.754. The predicted molar refractivity (Wildman–Crippen MR) is 95.3 cm³/mol. The third-order valence-electron chi connectivity index (χ3n) is 4.42. The van der Waals surface area contributed by atoms with Crippen molar-refractivity contribution in [3.8, 4) is 0 Å². The summed E-state index contributed by atoms with van der Waals surface area (Å²) < 4.78 is 2.18. The molecule has 0 fully saturated rings. The smallest absolute Gasteiger partial charge is 0.303 e. The van der Waals surface area contributed by atoms with Crippen LogP contribution in [0.5, 0.6) is 0 Å². The lowest BCUT2D eigenvalue weighted by Gasteiger charge is -2.09. The Labute approximate surface area is 141 Å². The van der Waals surface area contributed by atoms with Crippen LogP contribution in [-0.2, 0) is 17.8 Å². The van der Waals surface area contributed by atoms with Crippen LogP contribution < -0.4 is 0 Å². The molecule has 4 nitrogen and oxygen atoms in total. The van der Waals surface area contributed by atoms with Crippen LogP contribution in [0, 0.1) is 13.8 Å². The molecule has 1 aromatic heterocycles. The van der Waals surface area contributed by atoms with Gasteiger partial charge in [0.25, 0.3) is 0 Å². The third-order valence-corrected chi connectivity index (χ3v) is 4.42. The summed E-state index contributed by atoms with van der Waals surface area (Å²) in [6.45, 7) is 4.86. The van der Waals surface area contributed by atoms with E-state index in [0.717, 1.165) is 23.3 Å². The fourth-order valence-corrected chi connectivity index (χ4v) is 2.98. The van der Waals surface area contributed by atoms with Gasteiger partial charge in [0, 0.05) is 19.4 Å². The molecule has 3 rings (SSSR count). The number of rotatable bonds is 6. The zero-order valence-corrected chi connectivity index (χ0v) is 14.1. The van der Waals surface area contributed by atoms with Crippen LogP contribution in [0.3, 0.4) is 0 Å². The van der Waals surface area contributed by atoms with Gasteiger partial charge in [-0.15, -0.1) is 0 Å². The topological polar surface area (TPSA) is 55.1 Å². The van der Waals surface area contributed by atoms with E-state index >= 15 is 0 Å². The van der Waals surface area contributed by atoms with Gasteiger partial charge >= 0.3 is 5.97 Å². The van der Waals surface area contributed by atoms with Crippen molar-refractivity contribution >= 4 is 17.0 Å². The Morgan fingerprint density at radius 3 is 2.54 bits per heavy atom. The number of carboxylic acids is 1. The molecule has 2 aromatic carbocycles. The number of aryl methyl sites for hydroxylation is 3. The Balaban J connectivity index is 2.00. The molecule has 0 saturated heterocycles. The molecule has 0 aliphatic carbocycles. The van der Waals surface area contributed by atoms with Gasteiger partial charge in [-0.25, -0.2) is 4.98 Å². The van der Waals surface area contributed by atoms with Crippen LogP contribution >= 0.6 is 0 Å². The largest absolute Gasteiger partial charge is 0.481 e. The van der Waals surface area contributed by atoms with Gasteiger partial charge in [-0.2, -0.15) is 0 Å². The zero-order valence-electron chi connectivity index (χ0n) is 14.1. The van der Waals surface area contributed by atoms with Crippen LogP contribution in [0.1, 0.15) is 35.4 Å². The van der Waals surface area contributed by atoms with Gasteiger partial charge in [0.1, 0.15) is 5.82 Å². The van der Waals surface area contributed by atoms with E-state index in [0.29, 0.717) is 13.0 Å². The van der Waals surface area contributed by atoms with Crippen LogP contribution in [0.2, 0.25) is 0 Å². The second-order valence-corrected chi connectivity index (χ2v) is 6.26. The summed E-state index contributed by atoms with van der Waals surface area (Å²) in [4.78, 5) is 15.7. The number of fused-ring (bicyclic) bond motifs is 1. The molecular formula is C20H22N2O2. The monoisotopic (exact) mass is 322 g/mol. The van der Waals surface area contributed by atoms with E-state index in [1.54, 1.807) is 0 Å². The summed E-state index contributed by atoms with van der Waals surface area (Å²) in [5.74, 6) is 0.239. The van der Waals surface area contributed by atoms with Crippen LogP contribution in [0.4, 0.5) is 0 Å². The molecule has 0 spiro atoms. The minimum absolute atomic E-state index is 0.176. The molecule has 1 N–H and O–H groups in total. The number of benzene rings is 2. The van der Waals surface area contributed by atoms with Crippen molar-refractivity contribution in [2.45, 2.75) is 39.7 Å². The highest BCUT2D eigenvalue weighted by Crippen LogP contribution is 2.23. The lowest BCUT2D eigenvalue weighted by atomic mass is 10.1. The average Bonchev–Trinajstić information content (AvgIpc) is 2.85. The Bertz CT molecular complexity index is 866. The molecule has 24 heavy (non-hydrogen) atoms. The molecule has 0 aliphatic heterocycles. The molecule has 3 aromatic rings. The standard InChI is InChI=1S/C20H22N2O2/c1-14-11-17-18(12-15(14)2)22(10-6-9-20(23)24)19(21-17)13-16-7-4-3-5-8-16/h3-5,7-8,11-12H,6,9-10,13H2,1-2H3,(H,23,24). The minimum Gasteiger partial charge on any atom is -0.481 e. The van der Waals surface area contributed by atoms with Crippen molar-refractivity contribution in [1.82, 2.24) is 9.55 Å². The van der Waals surface area contributed by atoms with E-state index in [-0.39, 0.29) is 6.42 Å². The van der Waals surface area contributed by atoms with E-state index in [2.05, 4.69) is 42.7 Å². The van der Waals surface area contributed by atoms with E-state index in [9.17, 15) is 4.79 Å². The van der Waals surface area contributed by atoms with E-state index in [4.69, 9.17) is 10.1 Å². The fourth-order valence-electron chi connectivity index (χ4n) is 2.98. The summed E-state index contributed by atoms with van der Waals surface area (Å²) in [5, 5.41) is 8.92. The summed E-state index contributed by atoms with van der Waals surface area (Å²) in [6.07, 6.45) is 1.53. The normalized spacial score (nSPS) is 11.1. The molecule has 0 saturated carbocycles. The van der Waals surface area contributed by atoms with E-state index in [1.807, 2.05) is 18.2 Å². The first-order valence-corrected chi connectivity index (χ1v) is 8.26. The first-order valence-electron chi connectivity index (χ1n) is 8.26. The van der Waals surface area contributed by atoms with Crippen molar-refractivity contribution in [3.63, 3.8) is 0 Å². The molecule has 124 valence electrons. The third kappa shape index (κ3) is 3.48. The maximum Gasteiger partial charge on any atom is 0.303 e. The fraction of sp³-hybridized carbons (Fsp3) is 0.300. The number of carboxylic acid groups (broad SMARTS) is 1. The first kappa shape index (κ1) is 16.2. The molecule has 0 amide bonds. The summed E-state index contributed by atoms with van der Waals surface area (Å²) in [5.41, 5.74) is 5.74. The van der Waals surface area contributed by atoms with Crippen molar-refractivity contribution in [1.29, 1.82) is 0 Å². The molecule has 1 heterocycles. The number of nitrogens with zero attached hydrogens (tertiary/aromatic N) is 2. The molecule has 0 aliphatic rings. The van der Waals surface area contributed by atoms with Crippen molar-refractivity contribution < 1.29 is 9.90 Å². The first-order chi connectivity index (χ1) is 11.5. The molecule has 0 radical (unpaired) electrons. The number of aromatic nitrogens is 2. The second kappa shape index (κ2) is 6.87. The maximum absolute atomic E-state index is 10.8. The zero-order chi connectivity index (χ0) is 17.1. The highest BCUT2D eigenvalue weighted by atomic mass is 16.4. The van der Waals surface area contributed by atoms with Gasteiger partial charge in [0.2, 0.25) is 0 Å². The number of carbonyl (C=O) groups is 1. The van der Waals surface area contributed by atoms with Gasteiger partial charge in [-0.1, -0.05) is 30.3 Å². The number of imidazole rings is 1. The van der Waals surface area contributed by atoms with Crippen molar-refractivity contribution in [2.75, 3.05) is 0 Å². The highest BCUT2D eigenvalue weighted by molar-refractivity contribution is 5.78. The van der Waals surface area contributed by atoms with Crippen LogP contribution in [0.25, 0.3) is 11.0 Å². The number of hydrogen-bond acceptors (Lipinski definition) is 2. The van der Waals surface area contributed by atoms with Gasteiger partial charge in [0.05, 0.1) is 11.0 Å². The van der Waals surface area contributed by atoms with Crippen molar-refractivity contribution in [2.24, 2.45) is 0 Å². The van der Waals surface area contributed by atoms with Gasteiger partial charge < -0.3 is 9.67 Å². The summed E-state index contributed by atoms with van der Waals surface area (Å²) in [7, 11) is 0. The number of aliphatic carboxylic acids is 1. The molecule has 0 unspecified atom stereocenters. The van der Waals surface area contributed by atoms with Crippen LogP contribution in [-0.4, -0.2) is 20.6 Å². The average molecular weight is 322 g/mol. The Hall–Kier alpha value is -2.62. The molecular weight excluding hydrogens is 300 g/mol. The van der Waals surface area contributed by atoms with Crippen LogP contribution in [0.15, 0.2) is 42.5 Å². The predicted octanol–water partition coefficient (Wildman–Crippen LogP) is 4.11. The van der Waals surface area contributed by atoms with E-state index < -0.39 is 5.97 Å². The molecule has 4 heteroatoms. The maximum atomic E-state index is 10.8. The van der Waals surface area contributed by atoms with E-state index in [1.165, 1.54) is 16.7 Å². The van der Waals surface area contributed by atoms with Crippen molar-refractivity contribution in [3.05, 3.63) is 65.0 Å². The lowest BCUT2D eigenvalue weighted by molar-refractivity contribution is -0.137. The lowest BCUT2D eigenvalue weighted by Crippen LogP contribution is -2.07. The Kier molecular flexibility index (Phi) is 4.65. The SMILES string of the molecule is Cc1cc2nc(Cc3ccccc3)n(CCCC(=O)O)c2cc1C. The van der Waals surface area contributed by atoms with Gasteiger partial charge in [-0.3, -0.25) is 4.79 Å². The molecule has 0 atom stereocenters. The van der Waals surface area contributed by atoms with Gasteiger partial charge in [-0.05, 0) is 49.1 Å². The highest BCUT2D eigenvalue weighted by Gasteiger charge is 2.13. The van der Waals surface area contributed by atoms with Gasteiger partial charge in [0.15, 0.2) is 0 Å².